The number of furan rings is 1. The lowest BCUT2D eigenvalue weighted by Crippen LogP contribution is -2.01. The van der Waals surface area contributed by atoms with Gasteiger partial charge in [-0.25, -0.2) is 19.9 Å². The molecule has 0 unspecified atom stereocenters. The predicted molar refractivity (Wildman–Crippen MR) is 230 cm³/mol. The Bertz CT molecular complexity index is 3530. The normalized spacial score (nSPS) is 11.9. The molecule has 0 atom stereocenters. The number of hydrogen-bond donors (Lipinski definition) is 0. The number of nitrogens with zero attached hydrogens (tertiary/aromatic N) is 6. The summed E-state index contributed by atoms with van der Waals surface area (Å²) in [5.41, 5.74) is 10.6. The molecule has 7 aromatic carbocycles. The topological polar surface area (TPSA) is 74.6 Å². The molecule has 0 saturated heterocycles. The van der Waals surface area contributed by atoms with Crippen LogP contribution in [0.25, 0.3) is 111 Å². The first-order valence-electron chi connectivity index (χ1n) is 19.0. The Labute approximate surface area is 325 Å². The largest absolute Gasteiger partial charge is 0.456 e. The van der Waals surface area contributed by atoms with Crippen LogP contribution in [0.3, 0.4) is 0 Å². The molecule has 266 valence electrons. The Morgan fingerprint density at radius 2 is 1.07 bits per heavy atom. The molecule has 0 bridgehead atoms. The van der Waals surface area contributed by atoms with Crippen LogP contribution in [0.1, 0.15) is 0 Å². The zero-order valence-corrected chi connectivity index (χ0v) is 30.4. The molecule has 0 spiro atoms. The molecule has 0 amide bonds. The maximum absolute atomic E-state index is 6.27. The number of fused-ring (bicyclic) bond motifs is 10. The highest BCUT2D eigenvalue weighted by Gasteiger charge is 2.22. The van der Waals surface area contributed by atoms with Crippen LogP contribution in [0.15, 0.2) is 187 Å². The molecule has 0 N–H and O–H groups in total. The van der Waals surface area contributed by atoms with E-state index in [1.807, 2.05) is 72.9 Å². The second-order valence-electron chi connectivity index (χ2n) is 14.3. The van der Waals surface area contributed by atoms with E-state index in [4.69, 9.17) is 24.4 Å². The van der Waals surface area contributed by atoms with Gasteiger partial charge in [-0.1, -0.05) is 115 Å². The molecule has 0 fully saturated rings. The van der Waals surface area contributed by atoms with Gasteiger partial charge in [0.2, 0.25) is 0 Å². The molecule has 0 saturated carbocycles. The van der Waals surface area contributed by atoms with Gasteiger partial charge in [0.15, 0.2) is 17.5 Å². The monoisotopic (exact) mass is 730 g/mol. The SMILES string of the molecule is c1ccc(-c2nc(-c3cccc(-n4c5ccc6c7ccccc7n(-c7ccccc7)c6c5c5cccnc54)c3)nc(-c3cccc4oc5ccccc5c34)n2)cc1. The maximum Gasteiger partial charge on any atom is 0.164 e. The van der Waals surface area contributed by atoms with E-state index >= 15 is 0 Å². The Morgan fingerprint density at radius 1 is 0.404 bits per heavy atom. The van der Waals surface area contributed by atoms with Gasteiger partial charge < -0.3 is 8.98 Å². The zero-order valence-electron chi connectivity index (χ0n) is 30.4. The summed E-state index contributed by atoms with van der Waals surface area (Å²) < 4.78 is 10.9. The quantitative estimate of drug-likeness (QED) is 0.176. The maximum atomic E-state index is 6.27. The van der Waals surface area contributed by atoms with Crippen molar-refractivity contribution in [3.05, 3.63) is 182 Å². The minimum atomic E-state index is 0.575. The highest BCUT2D eigenvalue weighted by molar-refractivity contribution is 6.25. The van der Waals surface area contributed by atoms with Gasteiger partial charge in [0, 0.05) is 66.6 Å². The highest BCUT2D eigenvalue weighted by Crippen LogP contribution is 2.42. The Morgan fingerprint density at radius 3 is 1.95 bits per heavy atom. The first-order chi connectivity index (χ1) is 28.3. The lowest BCUT2D eigenvalue weighted by Gasteiger charge is -2.12. The average molecular weight is 731 g/mol. The fourth-order valence-electron chi connectivity index (χ4n) is 8.58. The van der Waals surface area contributed by atoms with E-state index in [2.05, 4.69) is 118 Å². The average Bonchev–Trinajstić information content (AvgIpc) is 3.95. The molecule has 57 heavy (non-hydrogen) atoms. The van der Waals surface area contributed by atoms with Crippen molar-refractivity contribution in [2.24, 2.45) is 0 Å². The summed E-state index contributed by atoms with van der Waals surface area (Å²) in [4.78, 5) is 20.4. The number of hydrogen-bond acceptors (Lipinski definition) is 5. The molecule has 0 aliphatic rings. The summed E-state index contributed by atoms with van der Waals surface area (Å²) >= 11 is 0. The number of benzene rings is 7. The summed E-state index contributed by atoms with van der Waals surface area (Å²) in [6.45, 7) is 0. The molecule has 0 radical (unpaired) electrons. The molecule has 12 aromatic rings. The zero-order chi connectivity index (χ0) is 37.5. The van der Waals surface area contributed by atoms with E-state index in [9.17, 15) is 0 Å². The molecule has 0 aliphatic heterocycles. The third-order valence-electron chi connectivity index (χ3n) is 11.0. The lowest BCUT2D eigenvalue weighted by molar-refractivity contribution is 0.669. The Kier molecular flexibility index (Phi) is 6.79. The third-order valence-corrected chi connectivity index (χ3v) is 11.0. The second kappa shape index (κ2) is 12.3. The lowest BCUT2D eigenvalue weighted by atomic mass is 10.1. The van der Waals surface area contributed by atoms with Gasteiger partial charge in [-0.3, -0.25) is 4.57 Å². The van der Waals surface area contributed by atoms with Crippen LogP contribution in [-0.2, 0) is 0 Å². The van der Waals surface area contributed by atoms with Crippen molar-refractivity contribution < 1.29 is 4.42 Å². The van der Waals surface area contributed by atoms with Crippen LogP contribution < -0.4 is 0 Å². The Balaban J connectivity index is 1.10. The van der Waals surface area contributed by atoms with Gasteiger partial charge in [0.1, 0.15) is 16.8 Å². The first-order valence-corrected chi connectivity index (χ1v) is 19.0. The van der Waals surface area contributed by atoms with Crippen LogP contribution >= 0.6 is 0 Å². The van der Waals surface area contributed by atoms with Gasteiger partial charge >= 0.3 is 0 Å². The van der Waals surface area contributed by atoms with Crippen LogP contribution in [0, 0.1) is 0 Å². The first kappa shape index (κ1) is 31.5. The minimum absolute atomic E-state index is 0.575. The fourth-order valence-corrected chi connectivity index (χ4v) is 8.58. The summed E-state index contributed by atoms with van der Waals surface area (Å²) in [6.07, 6.45) is 1.87. The van der Waals surface area contributed by atoms with Crippen molar-refractivity contribution in [1.29, 1.82) is 0 Å². The van der Waals surface area contributed by atoms with Crippen LogP contribution in [0.4, 0.5) is 0 Å². The highest BCUT2D eigenvalue weighted by atomic mass is 16.3. The van der Waals surface area contributed by atoms with E-state index < -0.39 is 0 Å². The predicted octanol–water partition coefficient (Wildman–Crippen LogP) is 12.4. The van der Waals surface area contributed by atoms with Crippen molar-refractivity contribution in [2.45, 2.75) is 0 Å². The summed E-state index contributed by atoms with van der Waals surface area (Å²) in [7, 11) is 0. The summed E-state index contributed by atoms with van der Waals surface area (Å²) in [5.74, 6) is 1.75. The van der Waals surface area contributed by atoms with Crippen molar-refractivity contribution in [3.8, 4) is 45.5 Å². The van der Waals surface area contributed by atoms with Crippen molar-refractivity contribution in [3.63, 3.8) is 0 Å². The van der Waals surface area contributed by atoms with Gasteiger partial charge in [-0.05, 0) is 60.7 Å². The van der Waals surface area contributed by atoms with E-state index in [1.165, 1.54) is 10.8 Å². The van der Waals surface area contributed by atoms with Gasteiger partial charge in [0.25, 0.3) is 0 Å². The Hall–Kier alpha value is -7.90. The van der Waals surface area contributed by atoms with E-state index in [0.29, 0.717) is 17.5 Å². The summed E-state index contributed by atoms with van der Waals surface area (Å²) in [6, 6.07) is 60.6. The van der Waals surface area contributed by atoms with Crippen LogP contribution in [-0.4, -0.2) is 29.1 Å². The van der Waals surface area contributed by atoms with Crippen LogP contribution in [0.5, 0.6) is 0 Å². The summed E-state index contributed by atoms with van der Waals surface area (Å²) in [5, 5.41) is 6.64. The number of aromatic nitrogens is 6. The minimum Gasteiger partial charge on any atom is -0.456 e. The van der Waals surface area contributed by atoms with Crippen molar-refractivity contribution >= 4 is 65.7 Å². The smallest absolute Gasteiger partial charge is 0.164 e. The molecule has 5 aromatic heterocycles. The molecule has 7 nitrogen and oxygen atoms in total. The molecular formula is C50H30N6O. The molecule has 12 rings (SSSR count). The van der Waals surface area contributed by atoms with Gasteiger partial charge in [-0.15, -0.1) is 0 Å². The fraction of sp³-hybridized carbons (Fsp3) is 0. The molecule has 7 heteroatoms. The molecule has 5 heterocycles. The number of pyridine rings is 1. The second-order valence-corrected chi connectivity index (χ2v) is 14.3. The van der Waals surface area contributed by atoms with Gasteiger partial charge in [-0.2, -0.15) is 0 Å². The molecular weight excluding hydrogens is 701 g/mol. The van der Waals surface area contributed by atoms with Crippen molar-refractivity contribution in [2.75, 3.05) is 0 Å². The third kappa shape index (κ3) is 4.79. The standard InChI is InChI=1S/C50H30N6O/c1-3-14-31(15-4-1)47-52-48(54-49(53-47)38-22-12-26-43-44(38)37-21-8-10-25-42(37)57-43)32-16-11-19-34(30-32)56-41-28-27-36-35-20-7-9-24-40(35)55(33-17-5-2-6-18-33)46(36)45(41)39-23-13-29-51-50(39)56/h1-30H. The van der Waals surface area contributed by atoms with E-state index in [1.54, 1.807) is 0 Å². The van der Waals surface area contributed by atoms with Gasteiger partial charge in [0.05, 0.1) is 16.6 Å². The number of rotatable bonds is 5. The number of para-hydroxylation sites is 3. The van der Waals surface area contributed by atoms with Crippen molar-refractivity contribution in [1.82, 2.24) is 29.1 Å². The van der Waals surface area contributed by atoms with E-state index in [0.717, 1.165) is 83.0 Å². The molecule has 0 aliphatic carbocycles. The van der Waals surface area contributed by atoms with Crippen LogP contribution in [0.2, 0.25) is 0 Å². The van der Waals surface area contributed by atoms with E-state index in [-0.39, 0.29) is 0 Å².